The summed E-state index contributed by atoms with van der Waals surface area (Å²) in [5, 5.41) is 0. The average molecular weight is 1010 g/mol. The molecule has 0 saturated heterocycles. The monoisotopic (exact) mass is 1000 g/mol. The van der Waals surface area contributed by atoms with Gasteiger partial charge in [0.25, 0.3) is 0 Å². The van der Waals surface area contributed by atoms with Crippen LogP contribution in [0.25, 0.3) is 0 Å². The first kappa shape index (κ1) is 68.8. The van der Waals surface area contributed by atoms with E-state index >= 15 is 0 Å². The third kappa shape index (κ3) is 57.7. The molecular weight excluding hydrogens is 889 g/mol. The fraction of sp³-hybridized carbons (Fsp3) is 0.773. The summed E-state index contributed by atoms with van der Waals surface area (Å²) in [6.45, 7) is 6.46. The number of hydrogen-bond acceptors (Lipinski definition) is 6. The van der Waals surface area contributed by atoms with Gasteiger partial charge in [0.05, 0.1) is 6.42 Å². The number of rotatable bonds is 56. The first-order chi connectivity index (χ1) is 35.5. The van der Waals surface area contributed by atoms with E-state index in [0.717, 1.165) is 83.5 Å². The van der Waals surface area contributed by atoms with Gasteiger partial charge in [0, 0.05) is 12.8 Å². The van der Waals surface area contributed by atoms with Crippen molar-refractivity contribution in [3.05, 3.63) is 72.9 Å². The third-order valence-electron chi connectivity index (χ3n) is 13.5. The lowest BCUT2D eigenvalue weighted by Gasteiger charge is -2.18. The summed E-state index contributed by atoms with van der Waals surface area (Å²) in [5.74, 6) is -1.04. The molecule has 0 aliphatic carbocycles. The van der Waals surface area contributed by atoms with E-state index in [1.807, 2.05) is 6.08 Å². The van der Waals surface area contributed by atoms with Crippen LogP contribution in [-0.2, 0) is 28.6 Å². The molecule has 0 spiro atoms. The Bertz CT molecular complexity index is 1340. The highest BCUT2D eigenvalue weighted by Crippen LogP contribution is 2.17. The minimum Gasteiger partial charge on any atom is -0.462 e. The maximum absolute atomic E-state index is 12.8. The van der Waals surface area contributed by atoms with E-state index in [4.69, 9.17) is 14.2 Å². The fourth-order valence-corrected chi connectivity index (χ4v) is 8.87. The highest BCUT2D eigenvalue weighted by Gasteiger charge is 2.19. The Morgan fingerprint density at radius 3 is 0.903 bits per heavy atom. The van der Waals surface area contributed by atoms with Crippen LogP contribution in [0.4, 0.5) is 0 Å². The number of carbonyl (C=O) groups is 3. The van der Waals surface area contributed by atoms with Crippen LogP contribution < -0.4 is 0 Å². The lowest BCUT2D eigenvalue weighted by Crippen LogP contribution is -2.30. The van der Waals surface area contributed by atoms with Gasteiger partial charge in [-0.25, -0.2) is 0 Å². The standard InChI is InChI=1S/C66H116O6/c1-4-7-10-13-16-19-22-25-28-29-30-31-32-33-34-35-36-37-39-41-44-47-50-53-56-59-65(68)71-62-63(61-70-64(67)58-55-52-49-46-43-40-27-24-21-18-15-12-9-6-3)72-66(69)60-57-54-51-48-45-42-38-26-23-20-17-14-11-8-5-2/h8,11,17,20,24,26-27,38,45,48,54,57,63H,4-7,9-10,12-16,18-19,21-23,25,28-37,39-44,46-47,49-53,55-56,58-62H2,1-3H3/b11-8-,20-17-,27-24-,38-26-,48-45-,57-54-. The van der Waals surface area contributed by atoms with E-state index in [0.29, 0.717) is 12.8 Å². The van der Waals surface area contributed by atoms with Gasteiger partial charge >= 0.3 is 17.9 Å². The van der Waals surface area contributed by atoms with Crippen molar-refractivity contribution < 1.29 is 28.6 Å². The van der Waals surface area contributed by atoms with Crippen LogP contribution in [0, 0.1) is 0 Å². The quantitative estimate of drug-likeness (QED) is 0.0261. The molecule has 0 saturated carbocycles. The number of ether oxygens (including phenoxy) is 3. The maximum Gasteiger partial charge on any atom is 0.310 e. The van der Waals surface area contributed by atoms with Gasteiger partial charge in [-0.15, -0.1) is 0 Å². The Labute approximate surface area is 446 Å². The summed E-state index contributed by atoms with van der Waals surface area (Å²) in [4.78, 5) is 38.1. The SMILES string of the molecule is CC/C=C\C/C=C\C/C=C\C/C=C\C/C=C\CC(=O)OC(COC(=O)CCCCCCC/C=C\CCCCCCC)COC(=O)CCCCCCCCCCCCCCCCCCCCCCCCCCC. The van der Waals surface area contributed by atoms with Gasteiger partial charge in [0.15, 0.2) is 6.10 Å². The molecule has 72 heavy (non-hydrogen) atoms. The lowest BCUT2D eigenvalue weighted by molar-refractivity contribution is -0.166. The highest BCUT2D eigenvalue weighted by molar-refractivity contribution is 5.72. The molecular formula is C66H116O6. The summed E-state index contributed by atoms with van der Waals surface area (Å²) < 4.78 is 16.8. The Balaban J connectivity index is 4.32. The number of hydrogen-bond donors (Lipinski definition) is 0. The van der Waals surface area contributed by atoms with Crippen molar-refractivity contribution in [2.45, 2.75) is 316 Å². The van der Waals surface area contributed by atoms with Gasteiger partial charge in [-0.05, 0) is 70.6 Å². The molecule has 0 bridgehead atoms. The van der Waals surface area contributed by atoms with Crippen LogP contribution in [0.2, 0.25) is 0 Å². The van der Waals surface area contributed by atoms with Gasteiger partial charge in [-0.2, -0.15) is 0 Å². The molecule has 1 atom stereocenters. The van der Waals surface area contributed by atoms with Crippen molar-refractivity contribution in [3.8, 4) is 0 Å². The second-order valence-electron chi connectivity index (χ2n) is 20.6. The predicted molar refractivity (Wildman–Crippen MR) is 311 cm³/mol. The minimum absolute atomic E-state index is 0.0975. The van der Waals surface area contributed by atoms with E-state index in [1.54, 1.807) is 6.08 Å². The second-order valence-corrected chi connectivity index (χ2v) is 20.6. The predicted octanol–water partition coefficient (Wildman–Crippen LogP) is 20.9. The van der Waals surface area contributed by atoms with Crippen LogP contribution in [0.1, 0.15) is 310 Å². The Morgan fingerprint density at radius 1 is 0.306 bits per heavy atom. The van der Waals surface area contributed by atoms with Gasteiger partial charge in [0.1, 0.15) is 13.2 Å². The smallest absolute Gasteiger partial charge is 0.310 e. The van der Waals surface area contributed by atoms with Crippen molar-refractivity contribution in [1.82, 2.24) is 0 Å². The van der Waals surface area contributed by atoms with Crippen LogP contribution in [0.3, 0.4) is 0 Å². The normalized spacial score (nSPS) is 12.5. The van der Waals surface area contributed by atoms with Crippen LogP contribution in [0.5, 0.6) is 0 Å². The zero-order valence-electron chi connectivity index (χ0n) is 47.7. The average Bonchev–Trinajstić information content (AvgIpc) is 3.38. The summed E-state index contributed by atoms with van der Waals surface area (Å²) in [5.41, 5.74) is 0. The summed E-state index contributed by atoms with van der Waals surface area (Å²) in [6.07, 6.45) is 78.0. The van der Waals surface area contributed by atoms with E-state index < -0.39 is 12.1 Å². The van der Waals surface area contributed by atoms with Gasteiger partial charge < -0.3 is 14.2 Å². The van der Waals surface area contributed by atoms with Gasteiger partial charge in [-0.1, -0.05) is 293 Å². The molecule has 0 heterocycles. The molecule has 0 radical (unpaired) electrons. The Hall–Kier alpha value is -3.15. The van der Waals surface area contributed by atoms with Crippen LogP contribution >= 0.6 is 0 Å². The van der Waals surface area contributed by atoms with E-state index in [-0.39, 0.29) is 31.6 Å². The molecule has 0 N–H and O–H groups in total. The maximum atomic E-state index is 12.8. The zero-order chi connectivity index (χ0) is 52.2. The zero-order valence-corrected chi connectivity index (χ0v) is 47.7. The number of allylic oxidation sites excluding steroid dienone is 11. The molecule has 0 amide bonds. The Morgan fingerprint density at radius 2 is 0.583 bits per heavy atom. The first-order valence-electron chi connectivity index (χ1n) is 30.9. The van der Waals surface area contributed by atoms with E-state index in [1.165, 1.54) is 186 Å². The van der Waals surface area contributed by atoms with Crippen molar-refractivity contribution in [3.63, 3.8) is 0 Å². The molecule has 6 nitrogen and oxygen atoms in total. The third-order valence-corrected chi connectivity index (χ3v) is 13.5. The molecule has 0 rings (SSSR count). The first-order valence-corrected chi connectivity index (χ1v) is 30.9. The summed E-state index contributed by atoms with van der Waals surface area (Å²) in [6, 6.07) is 0. The number of esters is 3. The van der Waals surface area contributed by atoms with Crippen molar-refractivity contribution in [2.24, 2.45) is 0 Å². The number of unbranched alkanes of at least 4 members (excludes halogenated alkanes) is 34. The molecule has 0 fully saturated rings. The van der Waals surface area contributed by atoms with E-state index in [2.05, 4.69) is 81.5 Å². The molecule has 0 aliphatic rings. The largest absolute Gasteiger partial charge is 0.462 e. The minimum atomic E-state index is -0.832. The van der Waals surface area contributed by atoms with E-state index in [9.17, 15) is 14.4 Å². The highest BCUT2D eigenvalue weighted by atomic mass is 16.6. The molecule has 1 unspecified atom stereocenters. The van der Waals surface area contributed by atoms with Crippen LogP contribution in [0.15, 0.2) is 72.9 Å². The molecule has 0 aromatic carbocycles. The van der Waals surface area contributed by atoms with Crippen molar-refractivity contribution in [2.75, 3.05) is 13.2 Å². The number of carbonyl (C=O) groups excluding carboxylic acids is 3. The topological polar surface area (TPSA) is 78.9 Å². The molecule has 0 aliphatic heterocycles. The van der Waals surface area contributed by atoms with Crippen molar-refractivity contribution in [1.29, 1.82) is 0 Å². The molecule has 0 aromatic heterocycles. The van der Waals surface area contributed by atoms with Gasteiger partial charge in [-0.3, -0.25) is 14.4 Å². The van der Waals surface area contributed by atoms with Crippen molar-refractivity contribution >= 4 is 17.9 Å². The Kier molecular flexibility index (Phi) is 57.8. The van der Waals surface area contributed by atoms with Crippen LogP contribution in [-0.4, -0.2) is 37.2 Å². The lowest BCUT2D eigenvalue weighted by atomic mass is 10.0. The summed E-state index contributed by atoms with van der Waals surface area (Å²) >= 11 is 0. The van der Waals surface area contributed by atoms with Gasteiger partial charge in [0.2, 0.25) is 0 Å². The summed E-state index contributed by atoms with van der Waals surface area (Å²) in [7, 11) is 0. The fourth-order valence-electron chi connectivity index (χ4n) is 8.87. The molecule has 416 valence electrons. The second kappa shape index (κ2) is 60.4. The molecule has 0 aromatic rings. The molecule has 6 heteroatoms.